The molecule has 0 unspecified atom stereocenters. The van der Waals surface area contributed by atoms with E-state index in [1.54, 1.807) is 0 Å². The van der Waals surface area contributed by atoms with Crippen molar-refractivity contribution in [2.45, 2.75) is 71.6 Å². The molecule has 1 aliphatic rings. The predicted molar refractivity (Wildman–Crippen MR) is 106 cm³/mol. The molecule has 0 aliphatic heterocycles. The molecule has 1 aliphatic carbocycles. The Balaban J connectivity index is 1.60. The van der Waals surface area contributed by atoms with Crippen LogP contribution in [-0.4, -0.2) is 13.2 Å². The molecular formula is C23H36O2. The first-order valence-electron chi connectivity index (χ1n) is 10.3. The molecule has 0 spiro atoms. The molecule has 1 fully saturated rings. The summed E-state index contributed by atoms with van der Waals surface area (Å²) in [6, 6.07) is 7.93. The highest BCUT2D eigenvalue weighted by molar-refractivity contribution is 5.31. The van der Waals surface area contributed by atoms with Crippen LogP contribution in [-0.2, 0) is 0 Å². The van der Waals surface area contributed by atoms with E-state index in [0.717, 1.165) is 36.4 Å². The van der Waals surface area contributed by atoms with E-state index in [9.17, 15) is 0 Å². The Bertz CT molecular complexity index is 469. The van der Waals surface area contributed by atoms with Crippen molar-refractivity contribution in [3.05, 3.63) is 36.4 Å². The van der Waals surface area contributed by atoms with E-state index in [4.69, 9.17) is 9.47 Å². The lowest BCUT2D eigenvalue weighted by Gasteiger charge is -2.26. The number of allylic oxidation sites excluding steroid dienone is 1. The van der Waals surface area contributed by atoms with Gasteiger partial charge in [0.2, 0.25) is 0 Å². The van der Waals surface area contributed by atoms with Crippen LogP contribution >= 0.6 is 0 Å². The number of hydrogen-bond acceptors (Lipinski definition) is 2. The van der Waals surface area contributed by atoms with E-state index in [1.165, 1.54) is 51.4 Å². The fraction of sp³-hybridized carbons (Fsp3) is 0.652. The van der Waals surface area contributed by atoms with Crippen LogP contribution in [0.1, 0.15) is 71.6 Å². The molecule has 0 amide bonds. The van der Waals surface area contributed by atoms with Gasteiger partial charge < -0.3 is 9.47 Å². The Morgan fingerprint density at radius 2 is 1.56 bits per heavy atom. The number of benzene rings is 1. The molecule has 0 saturated heterocycles. The Hall–Kier alpha value is -1.44. The Morgan fingerprint density at radius 3 is 2.20 bits per heavy atom. The van der Waals surface area contributed by atoms with Crippen molar-refractivity contribution in [2.24, 2.45) is 11.8 Å². The van der Waals surface area contributed by atoms with E-state index in [0.29, 0.717) is 6.61 Å². The Labute approximate surface area is 154 Å². The van der Waals surface area contributed by atoms with Crippen LogP contribution in [0, 0.1) is 11.8 Å². The zero-order valence-electron chi connectivity index (χ0n) is 16.2. The number of rotatable bonds is 11. The average Bonchev–Trinajstić information content (AvgIpc) is 2.66. The minimum absolute atomic E-state index is 0.658. The van der Waals surface area contributed by atoms with Gasteiger partial charge in [0.1, 0.15) is 18.1 Å². The van der Waals surface area contributed by atoms with Crippen LogP contribution in [0.3, 0.4) is 0 Å². The van der Waals surface area contributed by atoms with Crippen molar-refractivity contribution in [1.29, 1.82) is 0 Å². The van der Waals surface area contributed by atoms with E-state index < -0.39 is 0 Å². The molecule has 2 nitrogen and oxygen atoms in total. The van der Waals surface area contributed by atoms with Gasteiger partial charge in [-0.05, 0) is 68.2 Å². The summed E-state index contributed by atoms with van der Waals surface area (Å²) in [6.45, 7) is 5.83. The van der Waals surface area contributed by atoms with Gasteiger partial charge in [-0.2, -0.15) is 0 Å². The first kappa shape index (κ1) is 19.9. The molecule has 0 radical (unpaired) electrons. The summed E-state index contributed by atoms with van der Waals surface area (Å²) in [5, 5.41) is 0. The van der Waals surface area contributed by atoms with Crippen LogP contribution < -0.4 is 9.47 Å². The second kappa shape index (κ2) is 12.0. The Morgan fingerprint density at radius 1 is 0.880 bits per heavy atom. The highest BCUT2D eigenvalue weighted by atomic mass is 16.5. The highest BCUT2D eigenvalue weighted by Crippen LogP contribution is 2.32. The second-order valence-corrected chi connectivity index (χ2v) is 7.34. The van der Waals surface area contributed by atoms with Crippen molar-refractivity contribution in [1.82, 2.24) is 0 Å². The first-order chi connectivity index (χ1) is 12.3. The van der Waals surface area contributed by atoms with Gasteiger partial charge >= 0.3 is 0 Å². The zero-order valence-corrected chi connectivity index (χ0v) is 16.2. The molecule has 0 N–H and O–H groups in total. The summed E-state index contributed by atoms with van der Waals surface area (Å²) in [6.07, 6.45) is 16.8. The van der Waals surface area contributed by atoms with Gasteiger partial charge in [0.05, 0.1) is 6.61 Å². The quantitative estimate of drug-likeness (QED) is 0.325. The third kappa shape index (κ3) is 7.98. The third-order valence-electron chi connectivity index (χ3n) is 5.16. The smallest absolute Gasteiger partial charge is 0.120 e. The van der Waals surface area contributed by atoms with Crippen LogP contribution in [0.2, 0.25) is 0 Å². The lowest BCUT2D eigenvalue weighted by atomic mass is 9.79. The summed E-state index contributed by atoms with van der Waals surface area (Å²) >= 11 is 0. The monoisotopic (exact) mass is 344 g/mol. The molecule has 2 heteroatoms. The topological polar surface area (TPSA) is 18.5 Å². The van der Waals surface area contributed by atoms with Crippen molar-refractivity contribution < 1.29 is 9.47 Å². The van der Waals surface area contributed by atoms with Gasteiger partial charge in [-0.1, -0.05) is 51.7 Å². The third-order valence-corrected chi connectivity index (χ3v) is 5.16. The lowest BCUT2D eigenvalue weighted by Crippen LogP contribution is -2.13. The minimum atomic E-state index is 0.658. The van der Waals surface area contributed by atoms with Gasteiger partial charge in [0, 0.05) is 0 Å². The normalized spacial score (nSPS) is 20.7. The summed E-state index contributed by atoms with van der Waals surface area (Å²) in [4.78, 5) is 0. The highest BCUT2D eigenvalue weighted by Gasteiger charge is 2.18. The molecule has 2 rings (SSSR count). The zero-order chi connectivity index (χ0) is 17.7. The summed E-state index contributed by atoms with van der Waals surface area (Å²) in [5.41, 5.74) is 0. The predicted octanol–water partition coefficient (Wildman–Crippen LogP) is 6.80. The summed E-state index contributed by atoms with van der Waals surface area (Å²) in [5.74, 6) is 3.57. The van der Waals surface area contributed by atoms with Crippen LogP contribution in [0.15, 0.2) is 36.4 Å². The van der Waals surface area contributed by atoms with Crippen LogP contribution in [0.4, 0.5) is 0 Å². The molecule has 0 bridgehead atoms. The van der Waals surface area contributed by atoms with Gasteiger partial charge in [-0.25, -0.2) is 0 Å². The molecule has 25 heavy (non-hydrogen) atoms. The fourth-order valence-electron chi connectivity index (χ4n) is 3.60. The largest absolute Gasteiger partial charge is 0.494 e. The van der Waals surface area contributed by atoms with E-state index in [1.807, 2.05) is 24.3 Å². The van der Waals surface area contributed by atoms with Gasteiger partial charge in [0.15, 0.2) is 0 Å². The summed E-state index contributed by atoms with van der Waals surface area (Å²) in [7, 11) is 0. The number of ether oxygens (including phenoxy) is 2. The fourth-order valence-corrected chi connectivity index (χ4v) is 3.60. The van der Waals surface area contributed by atoms with Crippen molar-refractivity contribution in [3.63, 3.8) is 0 Å². The molecule has 0 atom stereocenters. The van der Waals surface area contributed by atoms with Crippen molar-refractivity contribution in [3.8, 4) is 11.5 Å². The molecular weight excluding hydrogens is 308 g/mol. The summed E-state index contributed by atoms with van der Waals surface area (Å²) < 4.78 is 11.4. The Kier molecular flexibility index (Phi) is 9.54. The lowest BCUT2D eigenvalue weighted by molar-refractivity contribution is 0.288. The SMILES string of the molecule is CCCCCC1CCC(C=CCOc2ccc(OCCC)cc2)CC1. The average molecular weight is 345 g/mol. The van der Waals surface area contributed by atoms with Crippen molar-refractivity contribution >= 4 is 0 Å². The van der Waals surface area contributed by atoms with E-state index >= 15 is 0 Å². The molecule has 140 valence electrons. The standard InChI is InChI=1S/C23H36O2/c1-3-5-6-8-20-10-12-21(13-11-20)9-7-19-25-23-16-14-22(15-17-23)24-18-4-2/h7,9,14-17,20-21H,3-6,8,10-13,18-19H2,1-2H3. The second-order valence-electron chi connectivity index (χ2n) is 7.34. The van der Waals surface area contributed by atoms with Crippen LogP contribution in [0.5, 0.6) is 11.5 Å². The maximum absolute atomic E-state index is 5.80. The van der Waals surface area contributed by atoms with E-state index in [2.05, 4.69) is 26.0 Å². The van der Waals surface area contributed by atoms with E-state index in [-0.39, 0.29) is 0 Å². The number of hydrogen-bond donors (Lipinski definition) is 0. The molecule has 0 aromatic heterocycles. The molecule has 0 heterocycles. The van der Waals surface area contributed by atoms with Gasteiger partial charge in [-0.3, -0.25) is 0 Å². The van der Waals surface area contributed by atoms with Crippen molar-refractivity contribution in [2.75, 3.05) is 13.2 Å². The van der Waals surface area contributed by atoms with Crippen LogP contribution in [0.25, 0.3) is 0 Å². The first-order valence-corrected chi connectivity index (χ1v) is 10.3. The maximum Gasteiger partial charge on any atom is 0.120 e. The van der Waals surface area contributed by atoms with Gasteiger partial charge in [-0.15, -0.1) is 0 Å². The minimum Gasteiger partial charge on any atom is -0.494 e. The number of unbranched alkanes of at least 4 members (excludes halogenated alkanes) is 2. The molecule has 1 aromatic rings. The molecule has 1 aromatic carbocycles. The van der Waals surface area contributed by atoms with Gasteiger partial charge in [0.25, 0.3) is 0 Å². The molecule has 1 saturated carbocycles. The maximum atomic E-state index is 5.80.